The van der Waals surface area contributed by atoms with Gasteiger partial charge < -0.3 is 19.5 Å². The van der Waals surface area contributed by atoms with Crippen molar-refractivity contribution in [3.63, 3.8) is 0 Å². The largest absolute Gasteiger partial charge is 0.390 e. The Balaban J connectivity index is 2.42. The lowest BCUT2D eigenvalue weighted by Crippen LogP contribution is -2.35. The van der Waals surface area contributed by atoms with Crippen LogP contribution in [-0.2, 0) is 14.3 Å². The highest BCUT2D eigenvalue weighted by Crippen LogP contribution is 2.25. The molecule has 1 heterocycles. The third-order valence-electron chi connectivity index (χ3n) is 2.34. The van der Waals surface area contributed by atoms with Crippen LogP contribution < -0.4 is 0 Å². The Morgan fingerprint density at radius 3 is 2.60 bits per heavy atom. The molecule has 0 bridgehead atoms. The number of aliphatic hydroxyl groups is 1. The number of carbonyl (C=O) groups excluding carboxylic acids is 1. The predicted molar refractivity (Wildman–Crippen MR) is 54.2 cm³/mol. The molecule has 2 atom stereocenters. The van der Waals surface area contributed by atoms with Crippen LogP contribution in [0.15, 0.2) is 0 Å². The molecule has 0 aliphatic carbocycles. The molecule has 0 aromatic heterocycles. The molecule has 0 aromatic carbocycles. The zero-order chi connectivity index (χ0) is 11.6. The summed E-state index contributed by atoms with van der Waals surface area (Å²) in [5.41, 5.74) is 0. The number of carbonyl (C=O) groups is 1. The van der Waals surface area contributed by atoms with Gasteiger partial charge in [0.05, 0.1) is 19.1 Å². The molecule has 0 saturated carbocycles. The number of rotatable bonds is 3. The topological polar surface area (TPSA) is 59.0 Å². The maximum Gasteiger partial charge on any atom is 0.224 e. The first kappa shape index (κ1) is 12.4. The molecule has 5 nitrogen and oxygen atoms in total. The molecule has 1 rings (SSSR count). The SMILES string of the molecule is CN(C)C(=O)C[C@H](O)[C@H]1COC(C)(C)O1. The second-order valence-corrected chi connectivity index (χ2v) is 4.43. The first-order chi connectivity index (χ1) is 6.82. The van der Waals surface area contributed by atoms with E-state index in [1.807, 2.05) is 0 Å². The summed E-state index contributed by atoms with van der Waals surface area (Å²) in [4.78, 5) is 12.8. The van der Waals surface area contributed by atoms with Crippen LogP contribution in [-0.4, -0.2) is 54.6 Å². The quantitative estimate of drug-likeness (QED) is 0.721. The molecule has 1 aliphatic heterocycles. The van der Waals surface area contributed by atoms with Crippen LogP contribution in [0.2, 0.25) is 0 Å². The van der Waals surface area contributed by atoms with E-state index >= 15 is 0 Å². The van der Waals surface area contributed by atoms with Crippen molar-refractivity contribution in [2.24, 2.45) is 0 Å². The van der Waals surface area contributed by atoms with Crippen molar-refractivity contribution in [3.8, 4) is 0 Å². The van der Waals surface area contributed by atoms with Gasteiger partial charge in [-0.1, -0.05) is 0 Å². The predicted octanol–water partition coefficient (Wildman–Crippen LogP) is -0.0229. The lowest BCUT2D eigenvalue weighted by Gasteiger charge is -2.21. The summed E-state index contributed by atoms with van der Waals surface area (Å²) >= 11 is 0. The molecule has 0 unspecified atom stereocenters. The highest BCUT2D eigenvalue weighted by Gasteiger charge is 2.37. The number of amides is 1. The standard InChI is InChI=1S/C10H19NO4/c1-10(2)14-6-8(15-10)7(12)5-9(13)11(3)4/h7-8,12H,5-6H2,1-4H3/t7-,8+/m0/s1. The van der Waals surface area contributed by atoms with Crippen molar-refractivity contribution in [2.45, 2.75) is 38.3 Å². The van der Waals surface area contributed by atoms with Crippen LogP contribution >= 0.6 is 0 Å². The summed E-state index contributed by atoms with van der Waals surface area (Å²) in [6.07, 6.45) is -1.15. The molecule has 1 aliphatic rings. The van der Waals surface area contributed by atoms with Gasteiger partial charge in [0.1, 0.15) is 6.10 Å². The Bertz CT molecular complexity index is 240. The summed E-state index contributed by atoms with van der Waals surface area (Å²) < 4.78 is 10.8. The van der Waals surface area contributed by atoms with E-state index in [1.54, 1.807) is 27.9 Å². The van der Waals surface area contributed by atoms with Crippen LogP contribution in [0.4, 0.5) is 0 Å². The summed E-state index contributed by atoms with van der Waals surface area (Å²) in [7, 11) is 3.32. The van der Waals surface area contributed by atoms with Gasteiger partial charge in [-0.2, -0.15) is 0 Å². The number of nitrogens with zero attached hydrogens (tertiary/aromatic N) is 1. The lowest BCUT2D eigenvalue weighted by atomic mass is 10.1. The van der Waals surface area contributed by atoms with Crippen molar-refractivity contribution in [1.82, 2.24) is 4.90 Å². The fourth-order valence-electron chi connectivity index (χ4n) is 1.40. The van der Waals surface area contributed by atoms with E-state index in [1.165, 1.54) is 4.90 Å². The maximum absolute atomic E-state index is 11.3. The van der Waals surface area contributed by atoms with E-state index in [4.69, 9.17) is 9.47 Å². The minimum Gasteiger partial charge on any atom is -0.390 e. The highest BCUT2D eigenvalue weighted by atomic mass is 16.7. The van der Waals surface area contributed by atoms with Crippen molar-refractivity contribution < 1.29 is 19.4 Å². The Labute approximate surface area is 90.0 Å². The fraction of sp³-hybridized carbons (Fsp3) is 0.900. The van der Waals surface area contributed by atoms with E-state index in [2.05, 4.69) is 0 Å². The highest BCUT2D eigenvalue weighted by molar-refractivity contribution is 5.76. The summed E-state index contributed by atoms with van der Waals surface area (Å²) in [5.74, 6) is -0.775. The van der Waals surface area contributed by atoms with Crippen LogP contribution in [0.3, 0.4) is 0 Å². The van der Waals surface area contributed by atoms with Gasteiger partial charge in [0.15, 0.2) is 5.79 Å². The van der Waals surface area contributed by atoms with Crippen LogP contribution in [0.1, 0.15) is 20.3 Å². The van der Waals surface area contributed by atoms with E-state index in [0.29, 0.717) is 6.61 Å². The second-order valence-electron chi connectivity index (χ2n) is 4.43. The molecule has 0 spiro atoms. The van der Waals surface area contributed by atoms with Gasteiger partial charge in [-0.05, 0) is 13.8 Å². The van der Waals surface area contributed by atoms with E-state index < -0.39 is 18.0 Å². The summed E-state index contributed by atoms with van der Waals surface area (Å²) in [5, 5.41) is 9.75. The van der Waals surface area contributed by atoms with E-state index in [0.717, 1.165) is 0 Å². The monoisotopic (exact) mass is 217 g/mol. The average Bonchev–Trinajstić information content (AvgIpc) is 2.45. The summed E-state index contributed by atoms with van der Waals surface area (Å²) in [6.45, 7) is 3.90. The van der Waals surface area contributed by atoms with Crippen molar-refractivity contribution in [2.75, 3.05) is 20.7 Å². The molecular weight excluding hydrogens is 198 g/mol. The molecule has 1 fully saturated rings. The zero-order valence-electron chi connectivity index (χ0n) is 9.69. The molecule has 15 heavy (non-hydrogen) atoms. The lowest BCUT2D eigenvalue weighted by molar-refractivity contribution is -0.155. The second kappa shape index (κ2) is 4.47. The zero-order valence-corrected chi connectivity index (χ0v) is 9.69. The third-order valence-corrected chi connectivity index (χ3v) is 2.34. The van der Waals surface area contributed by atoms with Gasteiger partial charge >= 0.3 is 0 Å². The van der Waals surface area contributed by atoms with E-state index in [9.17, 15) is 9.90 Å². The third kappa shape index (κ3) is 3.44. The molecule has 1 amide bonds. The molecule has 1 saturated heterocycles. The first-order valence-corrected chi connectivity index (χ1v) is 5.02. The molecule has 0 radical (unpaired) electrons. The maximum atomic E-state index is 11.3. The molecular formula is C10H19NO4. The van der Waals surface area contributed by atoms with E-state index in [-0.39, 0.29) is 12.3 Å². The normalized spacial score (nSPS) is 26.3. The molecule has 88 valence electrons. The van der Waals surface area contributed by atoms with Gasteiger partial charge in [0.25, 0.3) is 0 Å². The van der Waals surface area contributed by atoms with Crippen LogP contribution in [0.25, 0.3) is 0 Å². The van der Waals surface area contributed by atoms with Crippen molar-refractivity contribution >= 4 is 5.91 Å². The molecule has 5 heteroatoms. The van der Waals surface area contributed by atoms with Crippen LogP contribution in [0.5, 0.6) is 0 Å². The Hall–Kier alpha value is -0.650. The molecule has 1 N–H and O–H groups in total. The Morgan fingerprint density at radius 2 is 2.20 bits per heavy atom. The van der Waals surface area contributed by atoms with Crippen LogP contribution in [0, 0.1) is 0 Å². The van der Waals surface area contributed by atoms with Gasteiger partial charge in [-0.15, -0.1) is 0 Å². The van der Waals surface area contributed by atoms with Gasteiger partial charge in [-0.3, -0.25) is 4.79 Å². The first-order valence-electron chi connectivity index (χ1n) is 5.02. The minimum absolute atomic E-state index is 0.0666. The van der Waals surface area contributed by atoms with Gasteiger partial charge in [-0.25, -0.2) is 0 Å². The number of aliphatic hydroxyl groups excluding tert-OH is 1. The smallest absolute Gasteiger partial charge is 0.224 e. The minimum atomic E-state index is -0.804. The van der Waals surface area contributed by atoms with Gasteiger partial charge in [0, 0.05) is 14.1 Å². The average molecular weight is 217 g/mol. The number of hydrogen-bond donors (Lipinski definition) is 1. The summed E-state index contributed by atoms with van der Waals surface area (Å²) in [6, 6.07) is 0. The fourth-order valence-corrected chi connectivity index (χ4v) is 1.40. The Kier molecular flexibility index (Phi) is 3.70. The number of hydrogen-bond acceptors (Lipinski definition) is 4. The number of ether oxygens (including phenoxy) is 2. The van der Waals surface area contributed by atoms with Crippen molar-refractivity contribution in [1.29, 1.82) is 0 Å². The van der Waals surface area contributed by atoms with Crippen molar-refractivity contribution in [3.05, 3.63) is 0 Å². The van der Waals surface area contributed by atoms with Gasteiger partial charge in [0.2, 0.25) is 5.91 Å². The molecule has 0 aromatic rings. The Morgan fingerprint density at radius 1 is 1.60 bits per heavy atom.